The average Bonchev–Trinajstić information content (AvgIpc) is 2.53. The molecule has 1 aliphatic carbocycles. The highest BCUT2D eigenvalue weighted by Crippen LogP contribution is 2.56. The van der Waals surface area contributed by atoms with E-state index in [9.17, 15) is 13.2 Å². The molecule has 2 aromatic rings. The Labute approximate surface area is 155 Å². The Morgan fingerprint density at radius 2 is 1.62 bits per heavy atom. The molecular formula is C20H21F3N2S. The van der Waals surface area contributed by atoms with Gasteiger partial charge in [-0.15, -0.1) is 0 Å². The van der Waals surface area contributed by atoms with Crippen molar-refractivity contribution < 1.29 is 13.2 Å². The van der Waals surface area contributed by atoms with E-state index in [1.54, 1.807) is 24.3 Å². The molecule has 1 saturated carbocycles. The molecule has 26 heavy (non-hydrogen) atoms. The molecule has 1 spiro atoms. The fourth-order valence-corrected chi connectivity index (χ4v) is 4.75. The van der Waals surface area contributed by atoms with Crippen LogP contribution in [0.3, 0.4) is 0 Å². The smallest absolute Gasteiger partial charge is 0.370 e. The maximum absolute atomic E-state index is 12.4. The number of rotatable bonds is 4. The summed E-state index contributed by atoms with van der Waals surface area (Å²) in [5.41, 5.74) is 5.36. The van der Waals surface area contributed by atoms with Crippen molar-refractivity contribution in [2.45, 2.75) is 35.7 Å². The summed E-state index contributed by atoms with van der Waals surface area (Å²) in [6.45, 7) is 2.57. The molecule has 138 valence electrons. The third-order valence-corrected chi connectivity index (χ3v) is 6.27. The topological polar surface area (TPSA) is 29.3 Å². The summed E-state index contributed by atoms with van der Waals surface area (Å²) in [4.78, 5) is 2.50. The third kappa shape index (κ3) is 3.58. The minimum absolute atomic E-state index is 0.0636. The average molecular weight is 378 g/mol. The lowest BCUT2D eigenvalue weighted by molar-refractivity contribution is -0.0328. The number of alkyl halides is 3. The van der Waals surface area contributed by atoms with Crippen molar-refractivity contribution in [3.05, 3.63) is 59.7 Å². The van der Waals surface area contributed by atoms with Gasteiger partial charge in [-0.25, -0.2) is 0 Å². The zero-order chi connectivity index (χ0) is 18.4. The zero-order valence-electron chi connectivity index (χ0n) is 14.3. The van der Waals surface area contributed by atoms with Crippen molar-refractivity contribution in [3.8, 4) is 0 Å². The third-order valence-electron chi connectivity index (χ3n) is 5.53. The minimum atomic E-state index is -4.23. The number of hydrogen-bond acceptors (Lipinski definition) is 3. The molecule has 0 unspecified atom stereocenters. The van der Waals surface area contributed by atoms with Crippen LogP contribution in [0.1, 0.15) is 29.9 Å². The highest BCUT2D eigenvalue weighted by Gasteiger charge is 2.52. The highest BCUT2D eigenvalue weighted by molar-refractivity contribution is 8.00. The van der Waals surface area contributed by atoms with Crippen molar-refractivity contribution in [2.75, 3.05) is 18.0 Å². The monoisotopic (exact) mass is 378 g/mol. The SMILES string of the molecule is NCc1ccc(C2CC3(C2)CN(c2ccc(SC(F)(F)F)cc2)C3)cc1. The molecule has 2 aromatic carbocycles. The van der Waals surface area contributed by atoms with Crippen LogP contribution in [0, 0.1) is 5.41 Å². The number of benzene rings is 2. The molecule has 0 bridgehead atoms. The molecular weight excluding hydrogens is 357 g/mol. The minimum Gasteiger partial charge on any atom is -0.370 e. The number of nitrogens with zero attached hydrogens (tertiary/aromatic N) is 1. The van der Waals surface area contributed by atoms with E-state index >= 15 is 0 Å². The lowest BCUT2D eigenvalue weighted by atomic mass is 9.56. The summed E-state index contributed by atoms with van der Waals surface area (Å²) in [7, 11) is 0. The van der Waals surface area contributed by atoms with E-state index in [1.165, 1.54) is 18.4 Å². The van der Waals surface area contributed by atoms with Crippen LogP contribution in [0.25, 0.3) is 0 Å². The van der Waals surface area contributed by atoms with Crippen molar-refractivity contribution in [2.24, 2.45) is 11.1 Å². The van der Waals surface area contributed by atoms with Crippen LogP contribution in [0.15, 0.2) is 53.4 Å². The predicted molar refractivity (Wildman–Crippen MR) is 99.3 cm³/mol. The van der Waals surface area contributed by atoms with Crippen LogP contribution in [0.2, 0.25) is 0 Å². The molecule has 2 N–H and O–H groups in total. The van der Waals surface area contributed by atoms with E-state index in [-0.39, 0.29) is 16.7 Å². The molecule has 0 radical (unpaired) electrons. The van der Waals surface area contributed by atoms with E-state index in [4.69, 9.17) is 5.73 Å². The highest BCUT2D eigenvalue weighted by atomic mass is 32.2. The van der Waals surface area contributed by atoms with Gasteiger partial charge in [0, 0.05) is 35.6 Å². The van der Waals surface area contributed by atoms with Gasteiger partial charge in [0.15, 0.2) is 0 Å². The van der Waals surface area contributed by atoms with Gasteiger partial charge >= 0.3 is 5.51 Å². The molecule has 1 aliphatic heterocycles. The van der Waals surface area contributed by atoms with Crippen LogP contribution in [-0.2, 0) is 6.54 Å². The van der Waals surface area contributed by atoms with Crippen LogP contribution in [0.4, 0.5) is 18.9 Å². The first-order valence-corrected chi connectivity index (χ1v) is 9.57. The number of halogens is 3. The van der Waals surface area contributed by atoms with Crippen molar-refractivity contribution in [3.63, 3.8) is 0 Å². The van der Waals surface area contributed by atoms with Crippen molar-refractivity contribution in [1.82, 2.24) is 0 Å². The lowest BCUT2D eigenvalue weighted by Crippen LogP contribution is -2.61. The van der Waals surface area contributed by atoms with Gasteiger partial charge in [0.1, 0.15) is 0 Å². The first-order chi connectivity index (χ1) is 12.4. The summed E-state index contributed by atoms with van der Waals surface area (Å²) >= 11 is -0.0636. The molecule has 0 amide bonds. The van der Waals surface area contributed by atoms with Gasteiger partial charge in [0.2, 0.25) is 0 Å². The van der Waals surface area contributed by atoms with Crippen LogP contribution >= 0.6 is 11.8 Å². The second-order valence-corrected chi connectivity index (χ2v) is 8.59. The number of thioether (sulfide) groups is 1. The predicted octanol–water partition coefficient (Wildman–Crippen LogP) is 5.14. The fraction of sp³-hybridized carbons (Fsp3) is 0.400. The molecule has 4 rings (SSSR count). The van der Waals surface area contributed by atoms with Gasteiger partial charge < -0.3 is 10.6 Å². The van der Waals surface area contributed by atoms with Gasteiger partial charge in [0.25, 0.3) is 0 Å². The van der Waals surface area contributed by atoms with Gasteiger partial charge in [-0.3, -0.25) is 0 Å². The summed E-state index contributed by atoms with van der Waals surface area (Å²) in [6, 6.07) is 15.3. The van der Waals surface area contributed by atoms with Gasteiger partial charge in [0.05, 0.1) is 0 Å². The molecule has 2 nitrogen and oxygen atoms in total. The maximum Gasteiger partial charge on any atom is 0.446 e. The summed E-state index contributed by atoms with van der Waals surface area (Å²) in [5.74, 6) is 0.620. The Morgan fingerprint density at radius 1 is 1.00 bits per heavy atom. The molecule has 0 atom stereocenters. The van der Waals surface area contributed by atoms with E-state index in [1.807, 2.05) is 0 Å². The Hall–Kier alpha value is -1.66. The first-order valence-electron chi connectivity index (χ1n) is 8.76. The second kappa shape index (κ2) is 6.50. The zero-order valence-corrected chi connectivity index (χ0v) is 15.1. The van der Waals surface area contributed by atoms with Crippen molar-refractivity contribution >= 4 is 17.4 Å². The Morgan fingerprint density at radius 3 is 2.15 bits per heavy atom. The largest absolute Gasteiger partial charge is 0.446 e. The second-order valence-electron chi connectivity index (χ2n) is 7.45. The number of nitrogens with two attached hydrogens (primary N) is 1. The molecule has 2 fully saturated rings. The van der Waals surface area contributed by atoms with Gasteiger partial charge in [-0.2, -0.15) is 13.2 Å². The maximum atomic E-state index is 12.4. The van der Waals surface area contributed by atoms with E-state index in [0.717, 1.165) is 24.3 Å². The molecule has 1 saturated heterocycles. The van der Waals surface area contributed by atoms with Crippen LogP contribution < -0.4 is 10.6 Å². The standard InChI is InChI=1S/C20H21F3N2S/c21-20(22,23)26-18-7-5-17(6-8-18)25-12-19(13-25)9-16(10-19)15-3-1-14(11-24)2-4-15/h1-8,16H,9-13,24H2. The number of hydrogen-bond donors (Lipinski definition) is 1. The quantitative estimate of drug-likeness (QED) is 0.747. The molecule has 1 heterocycles. The van der Waals surface area contributed by atoms with Crippen LogP contribution in [-0.4, -0.2) is 18.6 Å². The fourth-order valence-electron chi connectivity index (χ4n) is 4.21. The van der Waals surface area contributed by atoms with Gasteiger partial charge in [-0.1, -0.05) is 24.3 Å². The number of anilines is 1. The molecule has 0 aromatic heterocycles. The van der Waals surface area contributed by atoms with Gasteiger partial charge in [-0.05, 0) is 65.9 Å². The van der Waals surface area contributed by atoms with E-state index in [2.05, 4.69) is 29.2 Å². The summed E-state index contributed by atoms with van der Waals surface area (Å²) in [5, 5.41) is 0. The summed E-state index contributed by atoms with van der Waals surface area (Å²) < 4.78 is 37.2. The molecule has 2 aliphatic rings. The Balaban J connectivity index is 1.30. The Kier molecular flexibility index (Phi) is 4.43. The Bertz CT molecular complexity index is 757. The van der Waals surface area contributed by atoms with E-state index in [0.29, 0.717) is 17.9 Å². The first kappa shape index (κ1) is 17.7. The van der Waals surface area contributed by atoms with Crippen molar-refractivity contribution in [1.29, 1.82) is 0 Å². The molecule has 6 heteroatoms. The summed E-state index contributed by atoms with van der Waals surface area (Å²) in [6.07, 6.45) is 2.38. The van der Waals surface area contributed by atoms with E-state index < -0.39 is 5.51 Å². The van der Waals surface area contributed by atoms with Crippen LogP contribution in [0.5, 0.6) is 0 Å². The lowest BCUT2D eigenvalue weighted by Gasteiger charge is -2.60. The normalized spacial score (nSPS) is 19.3.